The van der Waals surface area contributed by atoms with E-state index in [-0.39, 0.29) is 0 Å². The maximum atomic E-state index is 5.28. The molecule has 0 atom stereocenters. The molecule has 0 bridgehead atoms. The summed E-state index contributed by atoms with van der Waals surface area (Å²) in [5, 5.41) is 2.21. The molecule has 11 rings (SSSR count). The minimum atomic E-state index is 0.546. The number of aromatic nitrogens is 4. The zero-order valence-corrected chi connectivity index (χ0v) is 33.8. The van der Waals surface area contributed by atoms with E-state index >= 15 is 0 Å². The van der Waals surface area contributed by atoms with E-state index in [1.165, 1.54) is 22.3 Å². The van der Waals surface area contributed by atoms with Gasteiger partial charge in [-0.3, -0.25) is 4.57 Å². The van der Waals surface area contributed by atoms with Crippen LogP contribution in [0.4, 0.5) is 17.1 Å². The molecule has 0 saturated heterocycles. The van der Waals surface area contributed by atoms with Crippen LogP contribution in [0.3, 0.4) is 0 Å². The summed E-state index contributed by atoms with van der Waals surface area (Å²) < 4.78 is 2.22. The fourth-order valence-corrected chi connectivity index (χ4v) is 8.38. The van der Waals surface area contributed by atoms with Gasteiger partial charge in [0.2, 0.25) is 5.95 Å². The Kier molecular flexibility index (Phi) is 9.45. The highest BCUT2D eigenvalue weighted by Crippen LogP contribution is 2.41. The molecule has 5 heteroatoms. The molecule has 2 aromatic heterocycles. The van der Waals surface area contributed by atoms with E-state index in [1.54, 1.807) is 0 Å². The first-order chi connectivity index (χ1) is 30.7. The van der Waals surface area contributed by atoms with Gasteiger partial charge in [0, 0.05) is 39.0 Å². The molecule has 0 amide bonds. The summed E-state index contributed by atoms with van der Waals surface area (Å²) in [6.45, 7) is 0. The van der Waals surface area contributed by atoms with E-state index < -0.39 is 0 Å². The third kappa shape index (κ3) is 6.97. The molecule has 0 aliphatic rings. The van der Waals surface area contributed by atoms with Crippen LogP contribution < -0.4 is 4.90 Å². The van der Waals surface area contributed by atoms with Crippen molar-refractivity contribution in [2.75, 3.05) is 4.90 Å². The lowest BCUT2D eigenvalue weighted by molar-refractivity contribution is 0.953. The smallest absolute Gasteiger partial charge is 0.238 e. The number of hydrogen-bond donors (Lipinski definition) is 0. The molecule has 0 unspecified atom stereocenters. The van der Waals surface area contributed by atoms with Crippen LogP contribution in [-0.4, -0.2) is 19.5 Å². The van der Waals surface area contributed by atoms with Crippen molar-refractivity contribution in [3.8, 4) is 62.1 Å². The summed E-state index contributed by atoms with van der Waals surface area (Å²) in [6, 6.07) is 83.0. The van der Waals surface area contributed by atoms with Crippen LogP contribution in [0.2, 0.25) is 0 Å². The van der Waals surface area contributed by atoms with Crippen molar-refractivity contribution in [3.63, 3.8) is 0 Å². The Morgan fingerprint density at radius 3 is 1.15 bits per heavy atom. The van der Waals surface area contributed by atoms with Crippen molar-refractivity contribution in [3.05, 3.63) is 237 Å². The molecule has 11 aromatic rings. The van der Waals surface area contributed by atoms with Gasteiger partial charge >= 0.3 is 0 Å². The fourth-order valence-electron chi connectivity index (χ4n) is 8.38. The first-order valence-electron chi connectivity index (χ1n) is 20.9. The first kappa shape index (κ1) is 36.7. The minimum absolute atomic E-state index is 0.546. The summed E-state index contributed by atoms with van der Waals surface area (Å²) in [5.41, 5.74) is 13.9. The normalized spacial score (nSPS) is 11.2. The Labute approximate surface area is 360 Å². The van der Waals surface area contributed by atoms with Gasteiger partial charge in [-0.05, 0) is 75.8 Å². The lowest BCUT2D eigenvalue weighted by atomic mass is 9.99. The monoisotopic (exact) mass is 793 g/mol. The number of rotatable bonds is 9. The molecule has 0 aliphatic carbocycles. The van der Waals surface area contributed by atoms with Crippen molar-refractivity contribution in [1.29, 1.82) is 0 Å². The third-order valence-electron chi connectivity index (χ3n) is 11.5. The largest absolute Gasteiger partial charge is 0.310 e. The molecule has 292 valence electrons. The van der Waals surface area contributed by atoms with Gasteiger partial charge in [-0.25, -0.2) is 4.98 Å². The first-order valence-corrected chi connectivity index (χ1v) is 20.9. The summed E-state index contributed by atoms with van der Waals surface area (Å²) in [4.78, 5) is 17.9. The van der Waals surface area contributed by atoms with Gasteiger partial charge in [0.25, 0.3) is 0 Å². The second-order valence-corrected chi connectivity index (χ2v) is 15.3. The maximum absolute atomic E-state index is 5.28. The highest BCUT2D eigenvalue weighted by atomic mass is 15.2. The zero-order valence-electron chi connectivity index (χ0n) is 33.8. The van der Waals surface area contributed by atoms with E-state index in [4.69, 9.17) is 15.0 Å². The van der Waals surface area contributed by atoms with Gasteiger partial charge in [0.1, 0.15) is 0 Å². The van der Waals surface area contributed by atoms with E-state index in [1.807, 2.05) is 36.4 Å². The number of nitrogens with zero attached hydrogens (tertiary/aromatic N) is 5. The number of hydrogen-bond acceptors (Lipinski definition) is 4. The van der Waals surface area contributed by atoms with Gasteiger partial charge in [0.05, 0.1) is 11.0 Å². The van der Waals surface area contributed by atoms with E-state index in [2.05, 4.69) is 210 Å². The molecule has 2 heterocycles. The molecule has 0 saturated carbocycles. The third-order valence-corrected chi connectivity index (χ3v) is 11.5. The lowest BCUT2D eigenvalue weighted by Gasteiger charge is -2.26. The van der Waals surface area contributed by atoms with Crippen LogP contribution in [0.1, 0.15) is 0 Å². The number of benzene rings is 9. The van der Waals surface area contributed by atoms with Crippen molar-refractivity contribution < 1.29 is 0 Å². The SMILES string of the molecule is c1ccc(-c2ccc(-c3ccc4c5ccc(N(c6ccccc6)c6ccc(-c7ccccc7)cc6)cc5n(-c5nc(-c6ccccc6)nc(-c6ccccc6)n5)c4c3)cc2)cc1. The molecule has 62 heavy (non-hydrogen) atoms. The van der Waals surface area contributed by atoms with Gasteiger partial charge in [-0.2, -0.15) is 9.97 Å². The maximum Gasteiger partial charge on any atom is 0.238 e. The molecule has 5 nitrogen and oxygen atoms in total. The van der Waals surface area contributed by atoms with Gasteiger partial charge in [-0.15, -0.1) is 0 Å². The molecule has 0 aliphatic heterocycles. The summed E-state index contributed by atoms with van der Waals surface area (Å²) in [5.74, 6) is 1.76. The lowest BCUT2D eigenvalue weighted by Crippen LogP contribution is -2.10. The quantitative estimate of drug-likeness (QED) is 0.146. The van der Waals surface area contributed by atoms with Crippen molar-refractivity contribution in [2.24, 2.45) is 0 Å². The molecule has 9 aromatic carbocycles. The van der Waals surface area contributed by atoms with E-state index in [0.29, 0.717) is 17.6 Å². The Morgan fingerprint density at radius 2 is 0.629 bits per heavy atom. The summed E-state index contributed by atoms with van der Waals surface area (Å²) >= 11 is 0. The second-order valence-electron chi connectivity index (χ2n) is 15.3. The Hall–Kier alpha value is -8.41. The summed E-state index contributed by atoms with van der Waals surface area (Å²) in [6.07, 6.45) is 0. The fraction of sp³-hybridized carbons (Fsp3) is 0. The Bertz CT molecular complexity index is 3240. The predicted octanol–water partition coefficient (Wildman–Crippen LogP) is 14.8. The van der Waals surface area contributed by atoms with E-state index in [9.17, 15) is 0 Å². The van der Waals surface area contributed by atoms with Crippen molar-refractivity contribution in [1.82, 2.24) is 19.5 Å². The van der Waals surface area contributed by atoms with Crippen molar-refractivity contribution >= 4 is 38.9 Å². The topological polar surface area (TPSA) is 46.8 Å². The number of para-hydroxylation sites is 1. The second kappa shape index (κ2) is 16.0. The van der Waals surface area contributed by atoms with Gasteiger partial charge in [-0.1, -0.05) is 194 Å². The van der Waals surface area contributed by atoms with Crippen LogP contribution in [-0.2, 0) is 0 Å². The van der Waals surface area contributed by atoms with Gasteiger partial charge < -0.3 is 4.90 Å². The molecule has 0 N–H and O–H groups in total. The highest BCUT2D eigenvalue weighted by molar-refractivity contribution is 6.11. The molecule has 0 spiro atoms. The average molecular weight is 794 g/mol. The Balaban J connectivity index is 1.13. The molecular formula is C57H39N5. The Morgan fingerprint density at radius 1 is 0.274 bits per heavy atom. The zero-order chi connectivity index (χ0) is 41.2. The van der Waals surface area contributed by atoms with Crippen LogP contribution in [0.15, 0.2) is 237 Å². The van der Waals surface area contributed by atoms with Crippen molar-refractivity contribution in [2.45, 2.75) is 0 Å². The summed E-state index contributed by atoms with van der Waals surface area (Å²) in [7, 11) is 0. The average Bonchev–Trinajstić information content (AvgIpc) is 3.68. The minimum Gasteiger partial charge on any atom is -0.310 e. The molecule has 0 fully saturated rings. The molecule has 0 radical (unpaired) electrons. The van der Waals surface area contributed by atoms with Crippen LogP contribution >= 0.6 is 0 Å². The predicted molar refractivity (Wildman–Crippen MR) is 256 cm³/mol. The highest BCUT2D eigenvalue weighted by Gasteiger charge is 2.21. The van der Waals surface area contributed by atoms with Crippen LogP contribution in [0.25, 0.3) is 83.9 Å². The standard InChI is InChI=1S/C57H39N5/c1-6-16-40(17-7-1)42-26-28-44(29-27-42)47-32-36-51-52-37-35-50(61(48-24-14-5-15-25-48)49-33-30-43(31-34-49)41-18-8-2-9-19-41)39-54(52)62(53(51)38-47)57-59-55(45-20-10-3-11-21-45)58-56(60-57)46-22-12-4-13-23-46/h1-39H. The number of anilines is 3. The van der Waals surface area contributed by atoms with E-state index in [0.717, 1.165) is 61.1 Å². The van der Waals surface area contributed by atoms with Crippen LogP contribution in [0.5, 0.6) is 0 Å². The van der Waals surface area contributed by atoms with Gasteiger partial charge in [0.15, 0.2) is 11.6 Å². The number of fused-ring (bicyclic) bond motifs is 3. The molecular weight excluding hydrogens is 755 g/mol. The van der Waals surface area contributed by atoms with Crippen LogP contribution in [0, 0.1) is 0 Å².